The first-order chi connectivity index (χ1) is 10.3. The lowest BCUT2D eigenvalue weighted by Crippen LogP contribution is -2.16. The Labute approximate surface area is 122 Å². The van der Waals surface area contributed by atoms with Crippen LogP contribution in [0.4, 0.5) is 0 Å². The minimum atomic E-state index is -0.113. The molecule has 0 aliphatic rings. The molecule has 0 amide bonds. The highest BCUT2D eigenvalue weighted by molar-refractivity contribution is 5.97. The molecule has 1 aromatic heterocycles. The van der Waals surface area contributed by atoms with Gasteiger partial charge in [0.1, 0.15) is 0 Å². The maximum Gasteiger partial charge on any atom is 0.192 e. The van der Waals surface area contributed by atoms with E-state index in [1.807, 2.05) is 25.1 Å². The van der Waals surface area contributed by atoms with Crippen LogP contribution in [-0.2, 0) is 0 Å². The molecule has 0 unspecified atom stereocenters. The molecular formula is C15H17N3O3. The molecule has 1 heterocycles. The molecule has 2 rings (SSSR count). The van der Waals surface area contributed by atoms with Gasteiger partial charge in [-0.25, -0.2) is 4.98 Å². The van der Waals surface area contributed by atoms with E-state index in [1.165, 1.54) is 0 Å². The molecule has 3 N–H and O–H groups in total. The zero-order valence-electron chi connectivity index (χ0n) is 11.7. The lowest BCUT2D eigenvalue weighted by atomic mass is 10.3. The number of oxime groups is 1. The first-order valence-corrected chi connectivity index (χ1v) is 6.58. The van der Waals surface area contributed by atoms with E-state index in [4.69, 9.17) is 20.4 Å². The molecule has 21 heavy (non-hydrogen) atoms. The van der Waals surface area contributed by atoms with Crippen LogP contribution >= 0.6 is 0 Å². The molecule has 0 saturated carbocycles. The van der Waals surface area contributed by atoms with Crippen LogP contribution in [0.5, 0.6) is 17.2 Å². The van der Waals surface area contributed by atoms with Gasteiger partial charge in [-0.05, 0) is 30.7 Å². The summed E-state index contributed by atoms with van der Waals surface area (Å²) in [5.41, 5.74) is 5.86. The molecule has 0 spiro atoms. The van der Waals surface area contributed by atoms with Crippen LogP contribution in [0.3, 0.4) is 0 Å². The number of aromatic nitrogens is 1. The Hall–Kier alpha value is -2.76. The van der Waals surface area contributed by atoms with Gasteiger partial charge in [-0.1, -0.05) is 24.2 Å². The maximum absolute atomic E-state index is 8.79. The van der Waals surface area contributed by atoms with E-state index in [9.17, 15) is 0 Å². The molecule has 1 aromatic carbocycles. The second kappa shape index (κ2) is 7.14. The molecule has 0 saturated heterocycles. The maximum atomic E-state index is 8.79. The summed E-state index contributed by atoms with van der Waals surface area (Å²) in [6.07, 6.45) is 2.44. The number of hydrogen-bond acceptors (Lipinski definition) is 5. The van der Waals surface area contributed by atoms with Gasteiger partial charge in [-0.2, -0.15) is 0 Å². The normalized spacial score (nSPS) is 11.2. The summed E-state index contributed by atoms with van der Waals surface area (Å²) in [5, 5.41) is 11.7. The first-order valence-electron chi connectivity index (χ1n) is 6.58. The lowest BCUT2D eigenvalue weighted by molar-refractivity contribution is 0.301. The number of amidine groups is 1. The fraction of sp³-hybridized carbons (Fsp3) is 0.200. The van der Waals surface area contributed by atoms with Crippen molar-refractivity contribution in [3.05, 3.63) is 48.3 Å². The van der Waals surface area contributed by atoms with E-state index in [1.54, 1.807) is 24.4 Å². The molecule has 6 nitrogen and oxygen atoms in total. The van der Waals surface area contributed by atoms with Crippen molar-refractivity contribution in [1.29, 1.82) is 0 Å². The fourth-order valence-corrected chi connectivity index (χ4v) is 1.70. The first kappa shape index (κ1) is 14.6. The van der Waals surface area contributed by atoms with Crippen LogP contribution in [-0.4, -0.2) is 22.6 Å². The molecule has 0 radical (unpaired) electrons. The van der Waals surface area contributed by atoms with Gasteiger partial charge in [0.25, 0.3) is 0 Å². The molecule has 0 atom stereocenters. The minimum absolute atomic E-state index is 0.113. The van der Waals surface area contributed by atoms with Gasteiger partial charge in [-0.3, -0.25) is 0 Å². The average Bonchev–Trinajstić information content (AvgIpc) is 2.54. The molecule has 110 valence electrons. The number of hydrogen-bond donors (Lipinski definition) is 2. The van der Waals surface area contributed by atoms with Crippen molar-refractivity contribution in [2.24, 2.45) is 10.9 Å². The van der Waals surface area contributed by atoms with Crippen molar-refractivity contribution in [3.8, 4) is 17.2 Å². The van der Waals surface area contributed by atoms with E-state index in [2.05, 4.69) is 10.1 Å². The van der Waals surface area contributed by atoms with Crippen LogP contribution in [0.2, 0.25) is 0 Å². The van der Waals surface area contributed by atoms with Crippen LogP contribution in [0.1, 0.15) is 19.0 Å². The number of benzene rings is 1. The summed E-state index contributed by atoms with van der Waals surface area (Å²) in [6, 6.07) is 10.7. The number of rotatable bonds is 6. The van der Waals surface area contributed by atoms with Gasteiger partial charge in [0, 0.05) is 6.20 Å². The van der Waals surface area contributed by atoms with Gasteiger partial charge >= 0.3 is 0 Å². The Balaban J connectivity index is 2.31. The van der Waals surface area contributed by atoms with Gasteiger partial charge in [-0.15, -0.1) is 0 Å². The quantitative estimate of drug-likeness (QED) is 0.369. The van der Waals surface area contributed by atoms with E-state index in [0.717, 1.165) is 6.42 Å². The fourth-order valence-electron chi connectivity index (χ4n) is 1.70. The van der Waals surface area contributed by atoms with E-state index in [-0.39, 0.29) is 11.5 Å². The third-order valence-corrected chi connectivity index (χ3v) is 2.65. The van der Waals surface area contributed by atoms with E-state index >= 15 is 0 Å². The third-order valence-electron chi connectivity index (χ3n) is 2.65. The second-order valence-corrected chi connectivity index (χ2v) is 4.23. The minimum Gasteiger partial charge on any atom is -0.490 e. The highest BCUT2D eigenvalue weighted by Gasteiger charge is 2.12. The third kappa shape index (κ3) is 3.62. The van der Waals surface area contributed by atoms with Gasteiger partial charge in [0.15, 0.2) is 28.8 Å². The lowest BCUT2D eigenvalue weighted by Gasteiger charge is -2.13. The summed E-state index contributed by atoms with van der Waals surface area (Å²) in [6.45, 7) is 2.63. The Bertz CT molecular complexity index is 629. The Kier molecular flexibility index (Phi) is 4.98. The van der Waals surface area contributed by atoms with Crippen LogP contribution in [0.15, 0.2) is 47.8 Å². The van der Waals surface area contributed by atoms with Gasteiger partial charge in [0.2, 0.25) is 0 Å². The summed E-state index contributed by atoms with van der Waals surface area (Å²) < 4.78 is 11.4. The zero-order chi connectivity index (χ0) is 15.1. The van der Waals surface area contributed by atoms with E-state index < -0.39 is 0 Å². The number of para-hydroxylation sites is 2. The summed E-state index contributed by atoms with van der Waals surface area (Å²) >= 11 is 0. The highest BCUT2D eigenvalue weighted by Crippen LogP contribution is 2.32. The van der Waals surface area contributed by atoms with Crippen LogP contribution in [0, 0.1) is 0 Å². The van der Waals surface area contributed by atoms with Gasteiger partial charge < -0.3 is 20.4 Å². The largest absolute Gasteiger partial charge is 0.490 e. The molecular weight excluding hydrogens is 270 g/mol. The molecule has 0 aliphatic heterocycles. The molecule has 0 aliphatic carbocycles. The molecule has 0 bridgehead atoms. The molecule has 2 aromatic rings. The van der Waals surface area contributed by atoms with Crippen molar-refractivity contribution in [1.82, 2.24) is 4.98 Å². The number of nitrogens with zero attached hydrogens (tertiary/aromatic N) is 2. The van der Waals surface area contributed by atoms with Crippen molar-refractivity contribution in [2.45, 2.75) is 13.3 Å². The molecule has 6 heteroatoms. The standard InChI is InChI=1S/C15H17N3O3/c1-2-10-20-11-6-3-4-7-12(11)21-13-8-5-9-17-14(13)15(16)18-19/h3-9,19H,2,10H2,1H3,(H2,16,18). The Morgan fingerprint density at radius 3 is 2.62 bits per heavy atom. The van der Waals surface area contributed by atoms with E-state index in [0.29, 0.717) is 23.9 Å². The van der Waals surface area contributed by atoms with Crippen molar-refractivity contribution >= 4 is 5.84 Å². The van der Waals surface area contributed by atoms with Crippen molar-refractivity contribution in [2.75, 3.05) is 6.61 Å². The number of pyridine rings is 1. The Morgan fingerprint density at radius 1 is 1.19 bits per heavy atom. The van der Waals surface area contributed by atoms with Crippen LogP contribution < -0.4 is 15.2 Å². The summed E-state index contributed by atoms with van der Waals surface area (Å²) in [7, 11) is 0. The zero-order valence-corrected chi connectivity index (χ0v) is 11.7. The predicted octanol–water partition coefficient (Wildman–Crippen LogP) is 2.76. The Morgan fingerprint density at radius 2 is 1.90 bits per heavy atom. The SMILES string of the molecule is CCCOc1ccccc1Oc1cccnc1/C(N)=N/O. The monoisotopic (exact) mass is 287 g/mol. The average molecular weight is 287 g/mol. The van der Waals surface area contributed by atoms with Crippen molar-refractivity contribution in [3.63, 3.8) is 0 Å². The summed E-state index contributed by atoms with van der Waals surface area (Å²) in [4.78, 5) is 4.06. The van der Waals surface area contributed by atoms with Gasteiger partial charge in [0.05, 0.1) is 6.61 Å². The smallest absolute Gasteiger partial charge is 0.192 e. The summed E-state index contributed by atoms with van der Waals surface area (Å²) in [5.74, 6) is 1.46. The number of nitrogens with two attached hydrogens (primary N) is 1. The number of ether oxygens (including phenoxy) is 2. The topological polar surface area (TPSA) is 90.0 Å². The second-order valence-electron chi connectivity index (χ2n) is 4.23. The van der Waals surface area contributed by atoms with Crippen molar-refractivity contribution < 1.29 is 14.7 Å². The highest BCUT2D eigenvalue weighted by atomic mass is 16.5. The predicted molar refractivity (Wildman–Crippen MR) is 79.0 cm³/mol. The van der Waals surface area contributed by atoms with Crippen LogP contribution in [0.25, 0.3) is 0 Å². The molecule has 0 fully saturated rings.